The second-order valence-electron chi connectivity index (χ2n) is 3.45. The van der Waals surface area contributed by atoms with E-state index in [2.05, 4.69) is 0 Å². The molecule has 0 radical (unpaired) electrons. The van der Waals surface area contributed by atoms with E-state index in [0.29, 0.717) is 0 Å². The summed E-state index contributed by atoms with van der Waals surface area (Å²) in [6.45, 7) is 0. The molecule has 5 heteroatoms. The molecule has 3 N–H and O–H groups in total. The summed E-state index contributed by atoms with van der Waals surface area (Å²) in [5.41, 5.74) is -1.70. The normalized spacial score (nSPS) is 34.1. The highest BCUT2D eigenvalue weighted by Gasteiger charge is 2.41. The molecule has 0 saturated heterocycles. The van der Waals surface area contributed by atoms with Crippen LogP contribution in [0.5, 0.6) is 0 Å². The van der Waals surface area contributed by atoms with Crippen LogP contribution in [0.4, 0.5) is 0 Å². The van der Waals surface area contributed by atoms with Crippen molar-refractivity contribution in [2.45, 2.75) is 31.3 Å². The highest BCUT2D eigenvalue weighted by molar-refractivity contribution is 5.78. The first kappa shape index (κ1) is 9.98. The number of aliphatic carboxylic acids is 2. The molecule has 0 spiro atoms. The first-order valence-corrected chi connectivity index (χ1v) is 4.14. The molecule has 0 unspecified atom stereocenters. The fraction of sp³-hybridized carbons (Fsp3) is 0.750. The van der Waals surface area contributed by atoms with Gasteiger partial charge in [-0.05, 0) is 25.7 Å². The van der Waals surface area contributed by atoms with Crippen molar-refractivity contribution in [1.29, 1.82) is 0 Å². The molecule has 13 heavy (non-hydrogen) atoms. The van der Waals surface area contributed by atoms with Crippen molar-refractivity contribution >= 4 is 11.9 Å². The standard InChI is InChI=1S/C8H12O5/c9-6(10)5-1-3-8(13,4-2-5)7(11)12/h5,13H,1-4H2,(H,9,10)(H,11,12). The number of aliphatic hydroxyl groups is 1. The molecule has 0 aliphatic heterocycles. The maximum atomic E-state index is 10.6. The van der Waals surface area contributed by atoms with Gasteiger partial charge in [0.1, 0.15) is 0 Å². The summed E-state index contributed by atoms with van der Waals surface area (Å²) in [4.78, 5) is 21.1. The molecule has 0 heterocycles. The Morgan fingerprint density at radius 3 is 1.92 bits per heavy atom. The molecular weight excluding hydrogens is 176 g/mol. The van der Waals surface area contributed by atoms with Crippen LogP contribution in [0.1, 0.15) is 25.7 Å². The summed E-state index contributed by atoms with van der Waals surface area (Å²) < 4.78 is 0. The second kappa shape index (κ2) is 3.33. The molecule has 0 aromatic carbocycles. The van der Waals surface area contributed by atoms with Gasteiger partial charge in [0.05, 0.1) is 5.92 Å². The SMILES string of the molecule is O=C(O)C1CCC(O)(C(=O)O)CC1. The average Bonchev–Trinajstić information content (AvgIpc) is 2.04. The Hall–Kier alpha value is -1.10. The van der Waals surface area contributed by atoms with Crippen molar-refractivity contribution in [2.24, 2.45) is 5.92 Å². The molecule has 1 rings (SSSR count). The van der Waals surface area contributed by atoms with Gasteiger partial charge in [0.15, 0.2) is 5.60 Å². The third kappa shape index (κ3) is 1.98. The van der Waals surface area contributed by atoms with E-state index in [0.717, 1.165) is 0 Å². The van der Waals surface area contributed by atoms with Crippen molar-refractivity contribution in [1.82, 2.24) is 0 Å². The van der Waals surface area contributed by atoms with Crippen LogP contribution in [0.15, 0.2) is 0 Å². The smallest absolute Gasteiger partial charge is 0.335 e. The van der Waals surface area contributed by atoms with Crippen molar-refractivity contribution < 1.29 is 24.9 Å². The minimum atomic E-state index is -1.70. The monoisotopic (exact) mass is 188 g/mol. The lowest BCUT2D eigenvalue weighted by Gasteiger charge is -2.30. The Balaban J connectivity index is 2.56. The number of hydrogen-bond donors (Lipinski definition) is 3. The molecule has 1 aliphatic rings. The Kier molecular flexibility index (Phi) is 2.56. The fourth-order valence-electron chi connectivity index (χ4n) is 1.56. The Labute approximate surface area is 75.0 Å². The van der Waals surface area contributed by atoms with E-state index in [1.165, 1.54) is 0 Å². The van der Waals surface area contributed by atoms with Gasteiger partial charge >= 0.3 is 11.9 Å². The van der Waals surface area contributed by atoms with Gasteiger partial charge < -0.3 is 15.3 Å². The topological polar surface area (TPSA) is 94.8 Å². The van der Waals surface area contributed by atoms with Gasteiger partial charge in [-0.15, -0.1) is 0 Å². The lowest BCUT2D eigenvalue weighted by Crippen LogP contribution is -2.43. The van der Waals surface area contributed by atoms with Crippen LogP contribution in [0.25, 0.3) is 0 Å². The Morgan fingerprint density at radius 1 is 1.15 bits per heavy atom. The van der Waals surface area contributed by atoms with Crippen LogP contribution in [-0.4, -0.2) is 32.9 Å². The molecule has 74 valence electrons. The number of rotatable bonds is 2. The largest absolute Gasteiger partial charge is 0.481 e. The lowest BCUT2D eigenvalue weighted by atomic mass is 9.79. The van der Waals surface area contributed by atoms with Crippen LogP contribution in [-0.2, 0) is 9.59 Å². The minimum Gasteiger partial charge on any atom is -0.481 e. The van der Waals surface area contributed by atoms with E-state index in [4.69, 9.17) is 10.2 Å². The van der Waals surface area contributed by atoms with E-state index in [-0.39, 0.29) is 25.7 Å². The first-order chi connectivity index (χ1) is 5.96. The lowest BCUT2D eigenvalue weighted by molar-refractivity contribution is -0.165. The van der Waals surface area contributed by atoms with Crippen molar-refractivity contribution in [3.05, 3.63) is 0 Å². The summed E-state index contributed by atoms with van der Waals surface area (Å²) in [5.74, 6) is -2.66. The highest BCUT2D eigenvalue weighted by atomic mass is 16.4. The highest BCUT2D eigenvalue weighted by Crippen LogP contribution is 2.32. The maximum Gasteiger partial charge on any atom is 0.335 e. The fourth-order valence-corrected chi connectivity index (χ4v) is 1.56. The zero-order valence-electron chi connectivity index (χ0n) is 7.06. The third-order valence-electron chi connectivity index (χ3n) is 2.56. The summed E-state index contributed by atoms with van der Waals surface area (Å²) in [6.07, 6.45) is 0.523. The van der Waals surface area contributed by atoms with Crippen LogP contribution < -0.4 is 0 Å². The van der Waals surface area contributed by atoms with E-state index < -0.39 is 23.5 Å². The predicted molar refractivity (Wildman–Crippen MR) is 42.2 cm³/mol. The molecule has 0 aromatic rings. The number of carboxylic acids is 2. The molecule has 0 bridgehead atoms. The van der Waals surface area contributed by atoms with Crippen molar-refractivity contribution in [3.8, 4) is 0 Å². The molecule has 1 fully saturated rings. The van der Waals surface area contributed by atoms with Crippen LogP contribution in [0.2, 0.25) is 0 Å². The molecule has 0 aromatic heterocycles. The van der Waals surface area contributed by atoms with E-state index in [1.807, 2.05) is 0 Å². The van der Waals surface area contributed by atoms with E-state index >= 15 is 0 Å². The number of carboxylic acid groups (broad SMARTS) is 2. The van der Waals surface area contributed by atoms with Crippen molar-refractivity contribution in [3.63, 3.8) is 0 Å². The summed E-state index contributed by atoms with van der Waals surface area (Å²) >= 11 is 0. The summed E-state index contributed by atoms with van der Waals surface area (Å²) in [6, 6.07) is 0. The van der Waals surface area contributed by atoms with Crippen LogP contribution in [0.3, 0.4) is 0 Å². The maximum absolute atomic E-state index is 10.6. The van der Waals surface area contributed by atoms with Gasteiger partial charge in [-0.1, -0.05) is 0 Å². The molecule has 1 aliphatic carbocycles. The zero-order valence-corrected chi connectivity index (χ0v) is 7.06. The van der Waals surface area contributed by atoms with Gasteiger partial charge in [-0.3, -0.25) is 4.79 Å². The first-order valence-electron chi connectivity index (χ1n) is 4.14. The van der Waals surface area contributed by atoms with Gasteiger partial charge in [0.25, 0.3) is 0 Å². The van der Waals surface area contributed by atoms with Crippen molar-refractivity contribution in [2.75, 3.05) is 0 Å². The molecule has 0 atom stereocenters. The Morgan fingerprint density at radius 2 is 1.62 bits per heavy atom. The van der Waals surface area contributed by atoms with Gasteiger partial charge in [0.2, 0.25) is 0 Å². The molecule has 1 saturated carbocycles. The minimum absolute atomic E-state index is 0.0271. The van der Waals surface area contributed by atoms with E-state index in [9.17, 15) is 14.7 Å². The summed E-state index contributed by atoms with van der Waals surface area (Å²) in [7, 11) is 0. The van der Waals surface area contributed by atoms with Gasteiger partial charge in [0, 0.05) is 0 Å². The molecule has 5 nitrogen and oxygen atoms in total. The quantitative estimate of drug-likeness (QED) is 0.570. The average molecular weight is 188 g/mol. The second-order valence-corrected chi connectivity index (χ2v) is 3.45. The number of hydrogen-bond acceptors (Lipinski definition) is 3. The molecular formula is C8H12O5. The van der Waals surface area contributed by atoms with Crippen LogP contribution in [0, 0.1) is 5.92 Å². The van der Waals surface area contributed by atoms with E-state index in [1.54, 1.807) is 0 Å². The Bertz CT molecular complexity index is 227. The number of carbonyl (C=O) groups is 2. The zero-order chi connectivity index (χ0) is 10.1. The summed E-state index contributed by atoms with van der Waals surface area (Å²) in [5, 5.41) is 26.7. The van der Waals surface area contributed by atoms with Gasteiger partial charge in [-0.2, -0.15) is 0 Å². The third-order valence-corrected chi connectivity index (χ3v) is 2.56. The van der Waals surface area contributed by atoms with Crippen LogP contribution >= 0.6 is 0 Å². The van der Waals surface area contributed by atoms with Gasteiger partial charge in [-0.25, -0.2) is 4.79 Å². The predicted octanol–water partition coefficient (Wildman–Crippen LogP) is 0.0769. The molecule has 0 amide bonds.